The Kier molecular flexibility index (Phi) is 5.89. The van der Waals surface area contributed by atoms with E-state index in [1.54, 1.807) is 8.61 Å². The van der Waals surface area contributed by atoms with Gasteiger partial charge in [0.25, 0.3) is 10.2 Å². The van der Waals surface area contributed by atoms with E-state index in [1.165, 1.54) is 0 Å². The molecule has 7 heteroatoms. The number of hydrogen-bond acceptors (Lipinski definition) is 3. The number of nitrogens with zero attached hydrogens (tertiary/aromatic N) is 3. The van der Waals surface area contributed by atoms with Crippen molar-refractivity contribution in [2.45, 2.75) is 25.7 Å². The Hall–Kier alpha value is 0.120. The van der Waals surface area contributed by atoms with Gasteiger partial charge in [-0.3, -0.25) is 0 Å². The summed E-state index contributed by atoms with van der Waals surface area (Å²) in [5.41, 5.74) is 0. The predicted octanol–water partition coefficient (Wildman–Crippen LogP) is 0.964. The van der Waals surface area contributed by atoms with Gasteiger partial charge < -0.3 is 4.90 Å². The average molecular weight is 310 g/mol. The molecular weight excluding hydrogens is 286 g/mol. The molecule has 0 bridgehead atoms. The first kappa shape index (κ1) is 15.5. The maximum Gasteiger partial charge on any atom is 0.282 e. The molecule has 2 aliphatic rings. The second-order valence-corrected chi connectivity index (χ2v) is 7.56. The highest BCUT2D eigenvalue weighted by Gasteiger charge is 2.31. The smallest absolute Gasteiger partial charge is 0.282 e. The van der Waals surface area contributed by atoms with Gasteiger partial charge >= 0.3 is 0 Å². The van der Waals surface area contributed by atoms with Crippen molar-refractivity contribution >= 4 is 21.8 Å². The molecule has 0 aromatic rings. The van der Waals surface area contributed by atoms with E-state index >= 15 is 0 Å². The molecule has 0 N–H and O–H groups in total. The normalized spacial score (nSPS) is 25.3. The molecule has 0 unspecified atom stereocenters. The lowest BCUT2D eigenvalue weighted by atomic mass is 10.2. The Morgan fingerprint density at radius 2 is 1.42 bits per heavy atom. The Morgan fingerprint density at radius 1 is 0.789 bits per heavy atom. The summed E-state index contributed by atoms with van der Waals surface area (Å²) in [7, 11) is -3.24. The van der Waals surface area contributed by atoms with Gasteiger partial charge in [0, 0.05) is 45.1 Å². The summed E-state index contributed by atoms with van der Waals surface area (Å²) in [6.07, 6.45) is 4.02. The van der Waals surface area contributed by atoms with E-state index in [0.29, 0.717) is 32.1 Å². The lowest BCUT2D eigenvalue weighted by molar-refractivity contribution is 0.288. The summed E-state index contributed by atoms with van der Waals surface area (Å²) in [5, 5.41) is 0. The van der Waals surface area contributed by atoms with Crippen LogP contribution in [0.1, 0.15) is 25.7 Å². The van der Waals surface area contributed by atoms with Gasteiger partial charge in [0.1, 0.15) is 0 Å². The molecule has 112 valence electrons. The van der Waals surface area contributed by atoms with Crippen molar-refractivity contribution in [1.82, 2.24) is 13.5 Å². The van der Waals surface area contributed by atoms with Crippen LogP contribution in [0.5, 0.6) is 0 Å². The first-order valence-corrected chi connectivity index (χ1v) is 9.11. The van der Waals surface area contributed by atoms with Gasteiger partial charge in [-0.15, -0.1) is 11.6 Å². The van der Waals surface area contributed by atoms with Crippen LogP contribution in [0.4, 0.5) is 0 Å². The zero-order chi connectivity index (χ0) is 13.7. The molecule has 0 spiro atoms. The van der Waals surface area contributed by atoms with Gasteiger partial charge in [0.05, 0.1) is 0 Å². The molecule has 0 radical (unpaired) electrons. The number of halogens is 1. The monoisotopic (exact) mass is 309 g/mol. The average Bonchev–Trinajstić information content (AvgIpc) is 2.66. The third-order valence-corrected chi connectivity index (χ3v) is 6.12. The Labute approximate surface area is 121 Å². The second kappa shape index (κ2) is 7.22. The minimum Gasteiger partial charge on any atom is -0.301 e. The lowest BCUT2D eigenvalue weighted by Crippen LogP contribution is -2.47. The minimum atomic E-state index is -3.24. The van der Waals surface area contributed by atoms with Crippen molar-refractivity contribution in [2.24, 2.45) is 0 Å². The summed E-state index contributed by atoms with van der Waals surface area (Å²) in [6.45, 7) is 5.18. The van der Waals surface area contributed by atoms with Crippen LogP contribution in [0, 0.1) is 0 Å². The van der Waals surface area contributed by atoms with Crippen molar-refractivity contribution < 1.29 is 8.42 Å². The van der Waals surface area contributed by atoms with Crippen LogP contribution in [0.25, 0.3) is 0 Å². The molecule has 0 atom stereocenters. The first-order valence-electron chi connectivity index (χ1n) is 7.18. The molecule has 2 rings (SSSR count). The van der Waals surface area contributed by atoms with Crippen LogP contribution in [0.15, 0.2) is 0 Å². The van der Waals surface area contributed by atoms with Gasteiger partial charge in [0.15, 0.2) is 0 Å². The number of rotatable bonds is 4. The highest BCUT2D eigenvalue weighted by molar-refractivity contribution is 7.86. The van der Waals surface area contributed by atoms with Crippen molar-refractivity contribution in [1.29, 1.82) is 0 Å². The SMILES string of the molecule is O=S(=O)(N1CCCCC1)N1CCCN(CCCl)CC1. The molecule has 2 heterocycles. The third-order valence-electron chi connectivity index (χ3n) is 3.92. The molecule has 0 saturated carbocycles. The van der Waals surface area contributed by atoms with Crippen LogP contribution in [0.3, 0.4) is 0 Å². The molecule has 2 aliphatic heterocycles. The summed E-state index contributed by atoms with van der Waals surface area (Å²) in [4.78, 5) is 2.25. The van der Waals surface area contributed by atoms with Crippen LogP contribution in [-0.4, -0.2) is 73.6 Å². The van der Waals surface area contributed by atoms with Gasteiger partial charge in [-0.2, -0.15) is 17.0 Å². The van der Waals surface area contributed by atoms with Crippen molar-refractivity contribution in [2.75, 3.05) is 51.7 Å². The van der Waals surface area contributed by atoms with E-state index < -0.39 is 10.2 Å². The fourth-order valence-corrected chi connectivity index (χ4v) is 4.74. The Balaban J connectivity index is 1.96. The summed E-state index contributed by atoms with van der Waals surface area (Å²) in [6, 6.07) is 0. The molecule has 0 aromatic carbocycles. The summed E-state index contributed by atoms with van der Waals surface area (Å²) >= 11 is 5.75. The first-order chi connectivity index (χ1) is 9.14. The summed E-state index contributed by atoms with van der Waals surface area (Å²) in [5.74, 6) is 0.610. The zero-order valence-corrected chi connectivity index (χ0v) is 13.0. The molecule has 5 nitrogen and oxygen atoms in total. The van der Waals surface area contributed by atoms with Crippen LogP contribution in [-0.2, 0) is 10.2 Å². The topological polar surface area (TPSA) is 43.9 Å². The molecule has 0 aliphatic carbocycles. The molecule has 0 amide bonds. The second-order valence-electron chi connectivity index (χ2n) is 5.25. The maximum absolute atomic E-state index is 12.6. The van der Waals surface area contributed by atoms with E-state index in [2.05, 4.69) is 4.90 Å². The molecule has 2 saturated heterocycles. The zero-order valence-electron chi connectivity index (χ0n) is 11.4. The fourth-order valence-electron chi connectivity index (χ4n) is 2.78. The number of piperidine rings is 1. The fraction of sp³-hybridized carbons (Fsp3) is 1.00. The summed E-state index contributed by atoms with van der Waals surface area (Å²) < 4.78 is 28.5. The van der Waals surface area contributed by atoms with Crippen LogP contribution >= 0.6 is 11.6 Å². The highest BCUT2D eigenvalue weighted by atomic mass is 35.5. The van der Waals surface area contributed by atoms with Gasteiger partial charge in [-0.05, 0) is 25.8 Å². The van der Waals surface area contributed by atoms with E-state index in [9.17, 15) is 8.42 Å². The van der Waals surface area contributed by atoms with Crippen molar-refractivity contribution in [3.63, 3.8) is 0 Å². The van der Waals surface area contributed by atoms with Gasteiger partial charge in [-0.25, -0.2) is 0 Å². The van der Waals surface area contributed by atoms with E-state index in [4.69, 9.17) is 11.6 Å². The lowest BCUT2D eigenvalue weighted by Gasteiger charge is -2.31. The van der Waals surface area contributed by atoms with Crippen LogP contribution < -0.4 is 0 Å². The largest absolute Gasteiger partial charge is 0.301 e. The van der Waals surface area contributed by atoms with E-state index in [1.807, 2.05) is 0 Å². The maximum atomic E-state index is 12.6. The Bertz CT molecular complexity index is 371. The molecular formula is C12H24ClN3O2S. The van der Waals surface area contributed by atoms with Gasteiger partial charge in [0.2, 0.25) is 0 Å². The number of alkyl halides is 1. The predicted molar refractivity (Wildman–Crippen MR) is 77.7 cm³/mol. The molecule has 19 heavy (non-hydrogen) atoms. The quantitative estimate of drug-likeness (QED) is 0.727. The minimum absolute atomic E-state index is 0.593. The van der Waals surface area contributed by atoms with Crippen molar-refractivity contribution in [3.8, 4) is 0 Å². The third kappa shape index (κ3) is 4.04. The van der Waals surface area contributed by atoms with Crippen molar-refractivity contribution in [3.05, 3.63) is 0 Å². The standard InChI is InChI=1S/C12H24ClN3O2S/c13-5-10-14-6-4-9-16(12-11-14)19(17,18)15-7-2-1-3-8-15/h1-12H2. The number of hydrogen-bond donors (Lipinski definition) is 0. The Morgan fingerprint density at radius 3 is 2.11 bits per heavy atom. The molecule has 2 fully saturated rings. The molecule has 0 aromatic heterocycles. The van der Waals surface area contributed by atoms with Gasteiger partial charge in [-0.1, -0.05) is 6.42 Å². The van der Waals surface area contributed by atoms with Crippen LogP contribution in [0.2, 0.25) is 0 Å². The highest BCUT2D eigenvalue weighted by Crippen LogP contribution is 2.18. The van der Waals surface area contributed by atoms with E-state index in [0.717, 1.165) is 45.3 Å². The van der Waals surface area contributed by atoms with E-state index in [-0.39, 0.29) is 0 Å².